The Labute approximate surface area is 95.1 Å². The van der Waals surface area contributed by atoms with Crippen LogP contribution in [0, 0.1) is 19.7 Å². The molecule has 2 aromatic heterocycles. The fraction of sp³-hybridized carbons (Fsp3) is 0.462. The number of imidazole rings is 1. The summed E-state index contributed by atoms with van der Waals surface area (Å²) < 4.78 is 15.4. The summed E-state index contributed by atoms with van der Waals surface area (Å²) in [7, 11) is 0. The number of fused-ring (bicyclic) bond motifs is 1. The van der Waals surface area contributed by atoms with E-state index in [2.05, 4.69) is 25.8 Å². The molecule has 2 rings (SSSR count). The lowest BCUT2D eigenvalue weighted by Gasteiger charge is -2.19. The van der Waals surface area contributed by atoms with Crippen LogP contribution in [0.3, 0.4) is 0 Å². The molecule has 2 aromatic rings. The van der Waals surface area contributed by atoms with Crippen molar-refractivity contribution in [2.75, 3.05) is 0 Å². The number of aryl methyl sites for hydroxylation is 2. The molecule has 0 bridgehead atoms. The Morgan fingerprint density at radius 2 is 1.88 bits per heavy atom. The van der Waals surface area contributed by atoms with Crippen LogP contribution in [0.1, 0.15) is 37.7 Å². The molecule has 2 heterocycles. The van der Waals surface area contributed by atoms with Gasteiger partial charge in [0.25, 0.3) is 0 Å². The van der Waals surface area contributed by atoms with E-state index in [1.165, 1.54) is 6.20 Å². The Hall–Kier alpha value is -1.38. The molecule has 0 atom stereocenters. The summed E-state index contributed by atoms with van der Waals surface area (Å²) in [5, 5.41) is 0. The van der Waals surface area contributed by atoms with Crippen molar-refractivity contribution in [2.24, 2.45) is 0 Å². The molecule has 0 spiro atoms. The number of hydrogen-bond donors (Lipinski definition) is 0. The highest BCUT2D eigenvalue weighted by atomic mass is 19.1. The van der Waals surface area contributed by atoms with Gasteiger partial charge in [0.1, 0.15) is 11.5 Å². The predicted octanol–water partition coefficient (Wildman–Crippen LogP) is 3.39. The molecule has 0 amide bonds. The highest BCUT2D eigenvalue weighted by Gasteiger charge is 2.22. The highest BCUT2D eigenvalue weighted by molar-refractivity contribution is 5.47. The van der Waals surface area contributed by atoms with E-state index < -0.39 is 0 Å². The van der Waals surface area contributed by atoms with Crippen LogP contribution < -0.4 is 0 Å². The Balaban J connectivity index is 2.84. The van der Waals surface area contributed by atoms with Crippen molar-refractivity contribution >= 4 is 5.65 Å². The van der Waals surface area contributed by atoms with Gasteiger partial charge in [-0.2, -0.15) is 0 Å². The van der Waals surface area contributed by atoms with Gasteiger partial charge >= 0.3 is 0 Å². The van der Waals surface area contributed by atoms with E-state index in [9.17, 15) is 4.39 Å². The molecule has 16 heavy (non-hydrogen) atoms. The van der Waals surface area contributed by atoms with Gasteiger partial charge in [-0.25, -0.2) is 9.37 Å². The van der Waals surface area contributed by atoms with E-state index >= 15 is 0 Å². The van der Waals surface area contributed by atoms with Gasteiger partial charge in [-0.05, 0) is 25.5 Å². The van der Waals surface area contributed by atoms with E-state index in [-0.39, 0.29) is 11.2 Å². The molecule has 0 aliphatic heterocycles. The smallest absolute Gasteiger partial charge is 0.142 e. The Morgan fingerprint density at radius 1 is 1.25 bits per heavy atom. The van der Waals surface area contributed by atoms with Crippen molar-refractivity contribution in [1.82, 2.24) is 9.38 Å². The van der Waals surface area contributed by atoms with Gasteiger partial charge < -0.3 is 4.40 Å². The van der Waals surface area contributed by atoms with Crippen LogP contribution in [0.5, 0.6) is 0 Å². The largest absolute Gasteiger partial charge is 0.300 e. The third-order valence-electron chi connectivity index (χ3n) is 2.79. The predicted molar refractivity (Wildman–Crippen MR) is 63.3 cm³/mol. The van der Waals surface area contributed by atoms with Crippen molar-refractivity contribution in [1.29, 1.82) is 0 Å². The zero-order chi connectivity index (χ0) is 12.1. The molecule has 0 saturated carbocycles. The Bertz CT molecular complexity index is 547. The second-order valence-electron chi connectivity index (χ2n) is 5.33. The fourth-order valence-electron chi connectivity index (χ4n) is 2.18. The van der Waals surface area contributed by atoms with Crippen molar-refractivity contribution in [3.8, 4) is 0 Å². The molecular formula is C13H17FN2. The zero-order valence-corrected chi connectivity index (χ0v) is 10.4. The van der Waals surface area contributed by atoms with Gasteiger partial charge in [0.15, 0.2) is 0 Å². The number of hydrogen-bond acceptors (Lipinski definition) is 1. The standard InChI is InChI=1S/C13H17FN2/c1-8-6-11-15-9(2)12(13(3,4)5)16(11)7-10(8)14/h6-7H,1-5H3. The van der Waals surface area contributed by atoms with Crippen LogP contribution in [-0.4, -0.2) is 9.38 Å². The molecule has 0 aromatic carbocycles. The molecule has 0 radical (unpaired) electrons. The second-order valence-corrected chi connectivity index (χ2v) is 5.33. The maximum Gasteiger partial charge on any atom is 0.142 e. The van der Waals surface area contributed by atoms with E-state index in [1.807, 2.05) is 11.3 Å². The molecule has 0 aliphatic carbocycles. The average molecular weight is 220 g/mol. The normalized spacial score (nSPS) is 12.4. The lowest BCUT2D eigenvalue weighted by Crippen LogP contribution is -2.16. The van der Waals surface area contributed by atoms with Gasteiger partial charge in [-0.1, -0.05) is 20.8 Å². The summed E-state index contributed by atoms with van der Waals surface area (Å²) in [5.74, 6) is -0.185. The van der Waals surface area contributed by atoms with Gasteiger partial charge in [0.05, 0.1) is 11.4 Å². The van der Waals surface area contributed by atoms with E-state index in [0.717, 1.165) is 17.0 Å². The first-order valence-electron chi connectivity index (χ1n) is 5.46. The summed E-state index contributed by atoms with van der Waals surface area (Å²) >= 11 is 0. The van der Waals surface area contributed by atoms with E-state index in [1.54, 1.807) is 13.0 Å². The lowest BCUT2D eigenvalue weighted by atomic mass is 9.91. The molecule has 3 heteroatoms. The minimum absolute atomic E-state index is 0.0365. The number of pyridine rings is 1. The fourth-order valence-corrected chi connectivity index (χ4v) is 2.18. The van der Waals surface area contributed by atoms with Crippen LogP contribution in [0.4, 0.5) is 4.39 Å². The second kappa shape index (κ2) is 3.30. The van der Waals surface area contributed by atoms with E-state index in [4.69, 9.17) is 0 Å². The van der Waals surface area contributed by atoms with Gasteiger partial charge in [0.2, 0.25) is 0 Å². The summed E-state index contributed by atoms with van der Waals surface area (Å²) in [4.78, 5) is 4.48. The lowest BCUT2D eigenvalue weighted by molar-refractivity contribution is 0.551. The average Bonchev–Trinajstić information content (AvgIpc) is 2.40. The third kappa shape index (κ3) is 1.60. The van der Waals surface area contributed by atoms with Crippen molar-refractivity contribution in [3.05, 3.63) is 35.0 Å². The zero-order valence-electron chi connectivity index (χ0n) is 10.4. The van der Waals surface area contributed by atoms with Gasteiger partial charge in [0, 0.05) is 11.6 Å². The Morgan fingerprint density at radius 3 is 2.44 bits per heavy atom. The minimum Gasteiger partial charge on any atom is -0.300 e. The number of halogens is 1. The van der Waals surface area contributed by atoms with Crippen LogP contribution in [0.25, 0.3) is 5.65 Å². The first-order valence-corrected chi connectivity index (χ1v) is 5.46. The van der Waals surface area contributed by atoms with Crippen molar-refractivity contribution in [2.45, 2.75) is 40.0 Å². The molecule has 0 unspecified atom stereocenters. The topological polar surface area (TPSA) is 17.3 Å². The van der Waals surface area contributed by atoms with Crippen LogP contribution in [0.15, 0.2) is 12.3 Å². The number of aromatic nitrogens is 2. The maximum atomic E-state index is 13.6. The molecule has 2 nitrogen and oxygen atoms in total. The number of rotatable bonds is 0. The summed E-state index contributed by atoms with van der Waals surface area (Å²) in [6.45, 7) is 10.1. The summed E-state index contributed by atoms with van der Waals surface area (Å²) in [6, 6.07) is 1.79. The molecule has 0 N–H and O–H groups in total. The quantitative estimate of drug-likeness (QED) is 0.665. The molecule has 0 aliphatic rings. The maximum absolute atomic E-state index is 13.6. The van der Waals surface area contributed by atoms with Gasteiger partial charge in [-0.3, -0.25) is 0 Å². The molecule has 0 saturated heterocycles. The van der Waals surface area contributed by atoms with Crippen LogP contribution >= 0.6 is 0 Å². The van der Waals surface area contributed by atoms with Crippen LogP contribution in [0.2, 0.25) is 0 Å². The molecule has 0 fully saturated rings. The van der Waals surface area contributed by atoms with Crippen LogP contribution in [-0.2, 0) is 5.41 Å². The first kappa shape index (κ1) is 11.1. The first-order chi connectivity index (χ1) is 7.30. The van der Waals surface area contributed by atoms with Crippen molar-refractivity contribution < 1.29 is 4.39 Å². The summed E-state index contributed by atoms with van der Waals surface area (Å²) in [5.41, 5.74) is 3.46. The van der Waals surface area contributed by atoms with Gasteiger partial charge in [-0.15, -0.1) is 0 Å². The monoisotopic (exact) mass is 220 g/mol. The van der Waals surface area contributed by atoms with Crippen molar-refractivity contribution in [3.63, 3.8) is 0 Å². The molecule has 86 valence electrons. The number of nitrogens with zero attached hydrogens (tertiary/aromatic N) is 2. The third-order valence-corrected chi connectivity index (χ3v) is 2.79. The molecular weight excluding hydrogens is 203 g/mol. The minimum atomic E-state index is -0.185. The van der Waals surface area contributed by atoms with E-state index in [0.29, 0.717) is 5.56 Å². The highest BCUT2D eigenvalue weighted by Crippen LogP contribution is 2.27. The SMILES string of the molecule is Cc1cc2nc(C)c(C(C)(C)C)n2cc1F. The summed E-state index contributed by atoms with van der Waals surface area (Å²) in [6.07, 6.45) is 1.53. The Kier molecular flexibility index (Phi) is 2.30.